The molecule has 3 aromatic heterocycles. The Bertz CT molecular complexity index is 1220. The lowest BCUT2D eigenvalue weighted by Gasteiger charge is -2.32. The van der Waals surface area contributed by atoms with Crippen molar-refractivity contribution in [1.29, 1.82) is 0 Å². The Kier molecular flexibility index (Phi) is 4.62. The number of aliphatic hydroxyl groups excluding tert-OH is 1. The van der Waals surface area contributed by atoms with E-state index >= 15 is 0 Å². The summed E-state index contributed by atoms with van der Waals surface area (Å²) in [6.45, 7) is 0. The van der Waals surface area contributed by atoms with E-state index in [4.69, 9.17) is 0 Å². The minimum Gasteiger partial charge on any atom is -0.391 e. The van der Waals surface area contributed by atoms with Crippen LogP contribution in [0.4, 0.5) is 21.7 Å². The zero-order valence-corrected chi connectivity index (χ0v) is 16.7. The summed E-state index contributed by atoms with van der Waals surface area (Å²) in [6, 6.07) is 4.22. The van der Waals surface area contributed by atoms with Gasteiger partial charge in [-0.15, -0.1) is 0 Å². The minimum atomic E-state index is -1.000. The SMILES string of the molecule is CNc1cc(Nc2cccn([C@H]3C[C@@H]3F)c2=O)nc2c(C(=O)N[C@H]3CC[C@H]3O)cnn12. The number of nitrogens with zero attached hydrogens (tertiary/aromatic N) is 4. The molecule has 5 rings (SSSR count). The molecule has 3 heterocycles. The molecule has 2 aliphatic rings. The van der Waals surface area contributed by atoms with Crippen molar-refractivity contribution in [3.63, 3.8) is 0 Å². The summed E-state index contributed by atoms with van der Waals surface area (Å²) in [7, 11) is 1.70. The van der Waals surface area contributed by atoms with Gasteiger partial charge in [0.2, 0.25) is 0 Å². The maximum absolute atomic E-state index is 13.4. The number of carbonyl (C=O) groups is 1. The fourth-order valence-electron chi connectivity index (χ4n) is 3.71. The van der Waals surface area contributed by atoms with Gasteiger partial charge in [0.25, 0.3) is 11.5 Å². The summed E-state index contributed by atoms with van der Waals surface area (Å²) in [5.41, 5.74) is 0.459. The van der Waals surface area contributed by atoms with Crippen LogP contribution in [0.25, 0.3) is 5.65 Å². The number of amides is 1. The highest BCUT2D eigenvalue weighted by Crippen LogP contribution is 2.37. The van der Waals surface area contributed by atoms with Crippen LogP contribution in [0.2, 0.25) is 0 Å². The molecule has 10 nitrogen and oxygen atoms in total. The van der Waals surface area contributed by atoms with Gasteiger partial charge in [0, 0.05) is 25.7 Å². The summed E-state index contributed by atoms with van der Waals surface area (Å²) < 4.78 is 16.3. The van der Waals surface area contributed by atoms with Crippen LogP contribution in [-0.2, 0) is 0 Å². The first-order valence-corrected chi connectivity index (χ1v) is 10.1. The summed E-state index contributed by atoms with van der Waals surface area (Å²) in [5.74, 6) is 0.505. The molecule has 0 unspecified atom stereocenters. The summed E-state index contributed by atoms with van der Waals surface area (Å²) in [4.78, 5) is 29.9. The zero-order valence-electron chi connectivity index (χ0n) is 16.7. The number of hydrogen-bond acceptors (Lipinski definition) is 7. The molecular formula is C20H22FN7O3. The van der Waals surface area contributed by atoms with Crippen molar-refractivity contribution >= 4 is 28.9 Å². The van der Waals surface area contributed by atoms with E-state index in [1.165, 1.54) is 15.3 Å². The van der Waals surface area contributed by atoms with E-state index in [9.17, 15) is 19.1 Å². The van der Waals surface area contributed by atoms with E-state index < -0.39 is 18.3 Å². The molecule has 2 fully saturated rings. The van der Waals surface area contributed by atoms with Crippen molar-refractivity contribution < 1.29 is 14.3 Å². The normalized spacial score (nSPS) is 24.5. The molecule has 0 spiro atoms. The molecule has 4 N–H and O–H groups in total. The van der Waals surface area contributed by atoms with Gasteiger partial charge in [0.15, 0.2) is 5.65 Å². The first-order valence-electron chi connectivity index (χ1n) is 10.1. The van der Waals surface area contributed by atoms with E-state index in [1.54, 1.807) is 31.4 Å². The molecule has 0 radical (unpaired) electrons. The van der Waals surface area contributed by atoms with Crippen LogP contribution in [0, 0.1) is 0 Å². The standard InChI is InChI=1S/C20H22FN7O3/c1-22-17-8-16(24-13-3-2-6-27(20(13)31)14-7-11(14)21)26-18-10(9-23-28(17)18)19(30)25-12-4-5-15(12)29/h2-3,6,8-9,11-12,14-15,22,29H,4-5,7H2,1H3,(H,24,26)(H,25,30)/t11-,12-,14-,15+/m0/s1. The Balaban J connectivity index is 1.48. The molecule has 0 aromatic carbocycles. The predicted octanol–water partition coefficient (Wildman–Crippen LogP) is 1.21. The second-order valence-corrected chi connectivity index (χ2v) is 7.87. The van der Waals surface area contributed by atoms with Crippen LogP contribution in [0.5, 0.6) is 0 Å². The lowest BCUT2D eigenvalue weighted by Crippen LogP contribution is -2.50. The fourth-order valence-corrected chi connectivity index (χ4v) is 3.71. The Morgan fingerprint density at radius 2 is 2.16 bits per heavy atom. The lowest BCUT2D eigenvalue weighted by atomic mass is 9.89. The molecule has 31 heavy (non-hydrogen) atoms. The first kappa shape index (κ1) is 19.5. The van der Waals surface area contributed by atoms with E-state index in [2.05, 4.69) is 26.0 Å². The molecule has 2 saturated carbocycles. The molecule has 0 bridgehead atoms. The van der Waals surface area contributed by atoms with Gasteiger partial charge in [0.1, 0.15) is 29.1 Å². The van der Waals surface area contributed by atoms with Gasteiger partial charge in [-0.1, -0.05) is 0 Å². The van der Waals surface area contributed by atoms with Gasteiger partial charge in [-0.25, -0.2) is 9.37 Å². The van der Waals surface area contributed by atoms with Gasteiger partial charge in [-0.2, -0.15) is 9.61 Å². The molecule has 0 aliphatic heterocycles. The highest BCUT2D eigenvalue weighted by atomic mass is 19.1. The molecule has 3 aromatic rings. The number of aliphatic hydroxyl groups is 1. The van der Waals surface area contributed by atoms with Crippen molar-refractivity contribution in [3.8, 4) is 0 Å². The monoisotopic (exact) mass is 427 g/mol. The molecule has 162 valence electrons. The smallest absolute Gasteiger partial charge is 0.274 e. The van der Waals surface area contributed by atoms with Gasteiger partial charge < -0.3 is 25.6 Å². The van der Waals surface area contributed by atoms with Crippen LogP contribution in [0.3, 0.4) is 0 Å². The van der Waals surface area contributed by atoms with E-state index in [1.807, 2.05) is 0 Å². The van der Waals surface area contributed by atoms with Crippen molar-refractivity contribution in [2.45, 2.75) is 43.6 Å². The van der Waals surface area contributed by atoms with Crippen LogP contribution >= 0.6 is 0 Å². The third kappa shape index (κ3) is 3.40. The quantitative estimate of drug-likeness (QED) is 0.466. The minimum absolute atomic E-state index is 0.253. The summed E-state index contributed by atoms with van der Waals surface area (Å²) in [6.07, 6.45) is 3.16. The zero-order chi connectivity index (χ0) is 21.7. The highest BCUT2D eigenvalue weighted by molar-refractivity contribution is 6.00. The second-order valence-electron chi connectivity index (χ2n) is 7.87. The average Bonchev–Trinajstić information content (AvgIpc) is 3.32. The molecule has 1 amide bonds. The predicted molar refractivity (Wildman–Crippen MR) is 112 cm³/mol. The fraction of sp³-hybridized carbons (Fsp3) is 0.400. The Morgan fingerprint density at radius 1 is 1.35 bits per heavy atom. The van der Waals surface area contributed by atoms with Crippen LogP contribution in [0.15, 0.2) is 35.4 Å². The average molecular weight is 427 g/mol. The van der Waals surface area contributed by atoms with Crippen molar-refractivity contribution in [1.82, 2.24) is 24.5 Å². The Morgan fingerprint density at radius 3 is 2.81 bits per heavy atom. The van der Waals surface area contributed by atoms with Crippen molar-refractivity contribution in [2.24, 2.45) is 0 Å². The number of nitrogens with one attached hydrogen (secondary N) is 3. The van der Waals surface area contributed by atoms with Crippen molar-refractivity contribution in [3.05, 3.63) is 46.5 Å². The van der Waals surface area contributed by atoms with E-state index in [0.717, 1.165) is 6.42 Å². The maximum atomic E-state index is 13.4. The van der Waals surface area contributed by atoms with Gasteiger partial charge in [-0.3, -0.25) is 9.59 Å². The summed E-state index contributed by atoms with van der Waals surface area (Å²) >= 11 is 0. The Hall–Kier alpha value is -3.47. The molecule has 11 heteroatoms. The largest absolute Gasteiger partial charge is 0.391 e. The number of aromatic nitrogens is 4. The lowest BCUT2D eigenvalue weighted by molar-refractivity contribution is 0.0448. The topological polar surface area (TPSA) is 126 Å². The highest BCUT2D eigenvalue weighted by Gasteiger charge is 2.39. The number of anilines is 3. The number of hydrogen-bond donors (Lipinski definition) is 4. The molecule has 2 aliphatic carbocycles. The van der Waals surface area contributed by atoms with E-state index in [-0.39, 0.29) is 28.8 Å². The number of pyridine rings is 1. The Labute approximate surface area is 176 Å². The third-order valence-electron chi connectivity index (χ3n) is 5.80. The summed E-state index contributed by atoms with van der Waals surface area (Å²) in [5, 5.41) is 22.7. The number of halogens is 1. The number of alkyl halides is 1. The molecule has 0 saturated heterocycles. The van der Waals surface area contributed by atoms with Crippen LogP contribution in [0.1, 0.15) is 35.7 Å². The van der Waals surface area contributed by atoms with Crippen molar-refractivity contribution in [2.75, 3.05) is 17.7 Å². The maximum Gasteiger partial charge on any atom is 0.274 e. The molecular weight excluding hydrogens is 405 g/mol. The van der Waals surface area contributed by atoms with Gasteiger partial charge in [-0.05, 0) is 25.0 Å². The number of carbonyl (C=O) groups excluding carboxylic acids is 1. The van der Waals surface area contributed by atoms with Crippen LogP contribution in [-0.4, -0.2) is 55.5 Å². The number of fused-ring (bicyclic) bond motifs is 1. The van der Waals surface area contributed by atoms with Gasteiger partial charge >= 0.3 is 0 Å². The van der Waals surface area contributed by atoms with Gasteiger partial charge in [0.05, 0.1) is 24.4 Å². The first-order chi connectivity index (χ1) is 15.0. The van der Waals surface area contributed by atoms with Crippen LogP contribution < -0.4 is 21.5 Å². The van der Waals surface area contributed by atoms with E-state index in [0.29, 0.717) is 30.1 Å². The third-order valence-corrected chi connectivity index (χ3v) is 5.80. The number of rotatable bonds is 6. The molecule has 4 atom stereocenters. The second kappa shape index (κ2) is 7.34.